The van der Waals surface area contributed by atoms with Crippen LogP contribution in [0.1, 0.15) is 15.9 Å². The zero-order chi connectivity index (χ0) is 9.14. The fraction of sp³-hybridized carbons (Fsp3) is 0.222. The number of benzene rings is 1. The topological polar surface area (TPSA) is 17.1 Å². The lowest BCUT2D eigenvalue weighted by Crippen LogP contribution is -2.02. The van der Waals surface area contributed by atoms with E-state index < -0.39 is 0 Å². The second-order valence-electron chi connectivity index (χ2n) is 2.52. The van der Waals surface area contributed by atoms with E-state index in [0.29, 0.717) is 5.56 Å². The molecule has 0 atom stereocenters. The van der Waals surface area contributed by atoms with Gasteiger partial charge in [0.15, 0.2) is 5.78 Å². The minimum absolute atomic E-state index is 0.0262. The lowest BCUT2D eigenvalue weighted by Gasteiger charge is -2.01. The number of Topliss-reactive ketones (excluding diaryl/α,β-unsaturated/α-hetero) is 1. The van der Waals surface area contributed by atoms with Crippen LogP contribution >= 0.6 is 27.5 Å². The Bertz CT molecular complexity index is 309. The molecule has 64 valence electrons. The van der Waals surface area contributed by atoms with Gasteiger partial charge in [-0.2, -0.15) is 0 Å². The van der Waals surface area contributed by atoms with Gasteiger partial charge in [-0.05, 0) is 30.7 Å². The Kier molecular flexibility index (Phi) is 3.29. The Balaban J connectivity index is 3.09. The van der Waals surface area contributed by atoms with Gasteiger partial charge >= 0.3 is 0 Å². The smallest absolute Gasteiger partial charge is 0.177 e. The summed E-state index contributed by atoms with van der Waals surface area (Å²) in [5, 5.41) is 0. The molecule has 0 aliphatic carbocycles. The number of rotatable bonds is 2. The summed E-state index contributed by atoms with van der Waals surface area (Å²) < 4.78 is 0.978. The van der Waals surface area contributed by atoms with Gasteiger partial charge in [-0.1, -0.05) is 15.9 Å². The van der Waals surface area contributed by atoms with Gasteiger partial charge in [-0.3, -0.25) is 4.79 Å². The number of alkyl halides is 1. The Hall–Kier alpha value is -0.340. The maximum Gasteiger partial charge on any atom is 0.177 e. The summed E-state index contributed by atoms with van der Waals surface area (Å²) in [5.41, 5.74) is 1.66. The first-order valence-electron chi connectivity index (χ1n) is 3.50. The number of carbonyl (C=O) groups is 1. The van der Waals surface area contributed by atoms with Gasteiger partial charge in [0, 0.05) is 10.0 Å². The summed E-state index contributed by atoms with van der Waals surface area (Å²) in [5.74, 6) is 0.0179. The first-order chi connectivity index (χ1) is 5.65. The second-order valence-corrected chi connectivity index (χ2v) is 3.70. The molecule has 0 aromatic heterocycles. The molecule has 0 heterocycles. The average Bonchev–Trinajstić information content (AvgIpc) is 2.03. The number of aryl methyl sites for hydroxylation is 1. The summed E-state index contributed by atoms with van der Waals surface area (Å²) in [6, 6.07) is 5.52. The zero-order valence-electron chi connectivity index (χ0n) is 6.60. The largest absolute Gasteiger partial charge is 0.293 e. The molecule has 1 nitrogen and oxygen atoms in total. The molecule has 0 bridgehead atoms. The Morgan fingerprint density at radius 3 is 2.75 bits per heavy atom. The van der Waals surface area contributed by atoms with Crippen molar-refractivity contribution in [3.05, 3.63) is 33.8 Å². The van der Waals surface area contributed by atoms with E-state index in [1.54, 1.807) is 6.07 Å². The van der Waals surface area contributed by atoms with Crippen LogP contribution < -0.4 is 0 Å². The van der Waals surface area contributed by atoms with Crippen LogP contribution in [-0.4, -0.2) is 11.7 Å². The van der Waals surface area contributed by atoms with Crippen LogP contribution in [0.15, 0.2) is 22.7 Å². The van der Waals surface area contributed by atoms with Crippen molar-refractivity contribution < 1.29 is 4.79 Å². The molecular formula is C9H8BrClO. The van der Waals surface area contributed by atoms with Gasteiger partial charge in [0.2, 0.25) is 0 Å². The van der Waals surface area contributed by atoms with Crippen LogP contribution in [0.5, 0.6) is 0 Å². The van der Waals surface area contributed by atoms with E-state index >= 15 is 0 Å². The molecule has 0 aliphatic heterocycles. The SMILES string of the molecule is Cc1cc(Br)ccc1C(=O)CCl. The third-order valence-corrected chi connectivity index (χ3v) is 2.35. The minimum atomic E-state index is -0.0262. The van der Waals surface area contributed by atoms with E-state index in [9.17, 15) is 4.79 Å². The van der Waals surface area contributed by atoms with Gasteiger partial charge in [-0.15, -0.1) is 11.6 Å². The van der Waals surface area contributed by atoms with Gasteiger partial charge in [0.1, 0.15) is 0 Å². The molecule has 0 spiro atoms. The van der Waals surface area contributed by atoms with Crippen LogP contribution in [0, 0.1) is 6.92 Å². The highest BCUT2D eigenvalue weighted by Gasteiger charge is 2.06. The Labute approximate surface area is 84.9 Å². The van der Waals surface area contributed by atoms with Crippen molar-refractivity contribution >= 4 is 33.3 Å². The van der Waals surface area contributed by atoms with Crippen molar-refractivity contribution in [2.75, 3.05) is 5.88 Å². The van der Waals surface area contributed by atoms with E-state index in [1.807, 2.05) is 19.1 Å². The molecule has 0 N–H and O–H groups in total. The van der Waals surface area contributed by atoms with Crippen molar-refractivity contribution in [3.63, 3.8) is 0 Å². The van der Waals surface area contributed by atoms with E-state index in [-0.39, 0.29) is 11.7 Å². The summed E-state index contributed by atoms with van der Waals surface area (Å²) in [6.07, 6.45) is 0. The number of halogens is 2. The third-order valence-electron chi connectivity index (χ3n) is 1.61. The molecule has 0 radical (unpaired) electrons. The number of carbonyl (C=O) groups excluding carboxylic acids is 1. The minimum Gasteiger partial charge on any atom is -0.293 e. The monoisotopic (exact) mass is 246 g/mol. The highest BCUT2D eigenvalue weighted by Crippen LogP contribution is 2.16. The summed E-state index contributed by atoms with van der Waals surface area (Å²) >= 11 is 8.76. The molecular weight excluding hydrogens is 239 g/mol. The second kappa shape index (κ2) is 4.06. The van der Waals surface area contributed by atoms with Crippen molar-refractivity contribution in [2.24, 2.45) is 0 Å². The van der Waals surface area contributed by atoms with Crippen molar-refractivity contribution in [2.45, 2.75) is 6.92 Å². The third kappa shape index (κ3) is 2.08. The molecule has 0 fully saturated rings. The molecule has 0 amide bonds. The predicted molar refractivity (Wildman–Crippen MR) is 53.9 cm³/mol. The summed E-state index contributed by atoms with van der Waals surface area (Å²) in [6.45, 7) is 1.89. The normalized spacial score (nSPS) is 9.92. The average molecular weight is 248 g/mol. The Morgan fingerprint density at radius 2 is 2.25 bits per heavy atom. The van der Waals surface area contributed by atoms with Gasteiger partial charge in [0.05, 0.1) is 5.88 Å². The fourth-order valence-electron chi connectivity index (χ4n) is 1.01. The first kappa shape index (κ1) is 9.75. The molecule has 3 heteroatoms. The van der Waals surface area contributed by atoms with Crippen LogP contribution in [0.3, 0.4) is 0 Å². The fourth-order valence-corrected chi connectivity index (χ4v) is 1.63. The molecule has 1 rings (SSSR count). The molecule has 0 unspecified atom stereocenters. The first-order valence-corrected chi connectivity index (χ1v) is 4.83. The van der Waals surface area contributed by atoms with Crippen molar-refractivity contribution in [1.29, 1.82) is 0 Å². The number of ketones is 1. The lowest BCUT2D eigenvalue weighted by molar-refractivity contribution is 0.102. The zero-order valence-corrected chi connectivity index (χ0v) is 8.95. The van der Waals surface area contributed by atoms with E-state index in [2.05, 4.69) is 15.9 Å². The molecule has 1 aromatic rings. The van der Waals surface area contributed by atoms with Crippen LogP contribution in [0.2, 0.25) is 0 Å². The molecule has 0 aliphatic rings. The van der Waals surface area contributed by atoms with Gasteiger partial charge in [0.25, 0.3) is 0 Å². The van der Waals surface area contributed by atoms with Crippen LogP contribution in [0.4, 0.5) is 0 Å². The maximum absolute atomic E-state index is 11.2. The standard InChI is InChI=1S/C9H8BrClO/c1-6-4-7(10)2-3-8(6)9(12)5-11/h2-4H,5H2,1H3. The van der Waals surface area contributed by atoms with Crippen molar-refractivity contribution in [1.82, 2.24) is 0 Å². The predicted octanol–water partition coefficient (Wildman–Crippen LogP) is 3.18. The van der Waals surface area contributed by atoms with Crippen molar-refractivity contribution in [3.8, 4) is 0 Å². The number of hydrogen-bond acceptors (Lipinski definition) is 1. The molecule has 1 aromatic carbocycles. The van der Waals surface area contributed by atoms with E-state index in [4.69, 9.17) is 11.6 Å². The van der Waals surface area contributed by atoms with Crippen LogP contribution in [0.25, 0.3) is 0 Å². The van der Waals surface area contributed by atoms with Crippen LogP contribution in [-0.2, 0) is 0 Å². The summed E-state index contributed by atoms with van der Waals surface area (Å²) in [4.78, 5) is 11.2. The molecule has 0 saturated carbocycles. The summed E-state index contributed by atoms with van der Waals surface area (Å²) in [7, 11) is 0. The number of hydrogen-bond donors (Lipinski definition) is 0. The Morgan fingerprint density at radius 1 is 1.58 bits per heavy atom. The lowest BCUT2D eigenvalue weighted by atomic mass is 10.1. The highest BCUT2D eigenvalue weighted by atomic mass is 79.9. The quantitative estimate of drug-likeness (QED) is 0.579. The highest BCUT2D eigenvalue weighted by molar-refractivity contribution is 9.10. The maximum atomic E-state index is 11.2. The van der Waals surface area contributed by atoms with Gasteiger partial charge in [-0.25, -0.2) is 0 Å². The van der Waals surface area contributed by atoms with E-state index in [0.717, 1.165) is 10.0 Å². The molecule has 12 heavy (non-hydrogen) atoms. The molecule has 0 saturated heterocycles. The van der Waals surface area contributed by atoms with Gasteiger partial charge < -0.3 is 0 Å². The van der Waals surface area contributed by atoms with E-state index in [1.165, 1.54) is 0 Å².